The van der Waals surface area contributed by atoms with Gasteiger partial charge in [0.15, 0.2) is 0 Å². The molecule has 1 rings (SSSR count). The normalized spacial score (nSPS) is 79.9. The molecule has 1 heterocycles. The van der Waals surface area contributed by atoms with E-state index < -0.39 is 31.9 Å². The quantitative estimate of drug-likeness (QED) is 0.448. The van der Waals surface area contributed by atoms with Crippen molar-refractivity contribution in [1.29, 1.82) is 0 Å². The van der Waals surface area contributed by atoms with Crippen LogP contribution in [0.5, 0.6) is 0 Å². The maximum absolute atomic E-state index is 9.38. The SMILES string of the molecule is [2H]C1([2H])CNC([2H])([2H])C([2H])(O)C1([2H])[2H]. The molecule has 0 aromatic rings. The lowest BCUT2D eigenvalue weighted by Gasteiger charge is -2.16. The number of hydrogen-bond acceptors (Lipinski definition) is 2. The third-order valence-electron chi connectivity index (χ3n) is 0.590. The van der Waals surface area contributed by atoms with Gasteiger partial charge in [-0.15, -0.1) is 0 Å². The van der Waals surface area contributed by atoms with Crippen molar-refractivity contribution in [1.82, 2.24) is 5.32 Å². The summed E-state index contributed by atoms with van der Waals surface area (Å²) in [4.78, 5) is 0. The summed E-state index contributed by atoms with van der Waals surface area (Å²) in [5.74, 6) is 0. The van der Waals surface area contributed by atoms with E-state index in [4.69, 9.17) is 9.60 Å². The minimum absolute atomic E-state index is 0.589. The van der Waals surface area contributed by atoms with Crippen LogP contribution in [0, 0.1) is 0 Å². The van der Waals surface area contributed by atoms with Crippen LogP contribution in [0.3, 0.4) is 0 Å². The predicted molar refractivity (Wildman–Crippen MR) is 28.1 cm³/mol. The second-order valence-electron chi connectivity index (χ2n) is 1.13. The Bertz CT molecular complexity index is 224. The van der Waals surface area contributed by atoms with Gasteiger partial charge in [0, 0.05) is 14.7 Å². The molecule has 0 aromatic carbocycles. The summed E-state index contributed by atoms with van der Waals surface area (Å²) in [7, 11) is 0. The molecule has 0 spiro atoms. The summed E-state index contributed by atoms with van der Waals surface area (Å²) in [5.41, 5.74) is 0. The van der Waals surface area contributed by atoms with E-state index in [2.05, 4.69) is 0 Å². The standard InChI is InChI=1S/C5H11NO/c7-5-2-1-3-6-4-5/h5-7H,1-4H2/i1D2,2D2,4D2,5D. The van der Waals surface area contributed by atoms with E-state index in [9.17, 15) is 5.11 Å². The third-order valence-corrected chi connectivity index (χ3v) is 0.590. The summed E-state index contributed by atoms with van der Waals surface area (Å²) in [6, 6.07) is 0. The van der Waals surface area contributed by atoms with E-state index in [-0.39, 0.29) is 0 Å². The summed E-state index contributed by atoms with van der Waals surface area (Å²) < 4.78 is 50.5. The molecule has 0 aliphatic carbocycles. The highest BCUT2D eigenvalue weighted by molar-refractivity contribution is 4.65. The summed E-state index contributed by atoms with van der Waals surface area (Å²) in [6.45, 7) is -3.27. The first-order chi connectivity index (χ1) is 5.96. The number of piperidine rings is 1. The summed E-state index contributed by atoms with van der Waals surface area (Å²) >= 11 is 0. The van der Waals surface area contributed by atoms with Crippen molar-refractivity contribution in [2.45, 2.75) is 18.8 Å². The molecule has 1 aliphatic rings. The van der Waals surface area contributed by atoms with Gasteiger partial charge in [-0.1, -0.05) is 0 Å². The number of aliphatic hydroxyl groups is 1. The average molecular weight is 108 g/mol. The Morgan fingerprint density at radius 2 is 2.86 bits per heavy atom. The second-order valence-corrected chi connectivity index (χ2v) is 1.13. The molecular weight excluding hydrogens is 90.1 g/mol. The predicted octanol–water partition coefficient (Wildman–Crippen LogP) is -0.269. The molecule has 1 atom stereocenters. The Morgan fingerprint density at radius 1 is 2.00 bits per heavy atom. The molecule has 2 N–H and O–H groups in total. The van der Waals surface area contributed by atoms with E-state index in [1.807, 2.05) is 5.32 Å². The fraction of sp³-hybridized carbons (Fsp3) is 1.00. The molecule has 0 aromatic heterocycles. The highest BCUT2D eigenvalue weighted by Gasteiger charge is 2.06. The lowest BCUT2D eigenvalue weighted by Crippen LogP contribution is -2.33. The molecule has 1 fully saturated rings. The van der Waals surface area contributed by atoms with Crippen molar-refractivity contribution >= 4 is 0 Å². The lowest BCUT2D eigenvalue weighted by molar-refractivity contribution is 0.142. The van der Waals surface area contributed by atoms with Crippen molar-refractivity contribution in [3.05, 3.63) is 0 Å². The molecule has 0 amide bonds. The monoisotopic (exact) mass is 108 g/mol. The molecule has 1 saturated heterocycles. The van der Waals surface area contributed by atoms with Crippen LogP contribution in [0.15, 0.2) is 0 Å². The van der Waals surface area contributed by atoms with Crippen LogP contribution >= 0.6 is 0 Å². The van der Waals surface area contributed by atoms with Gasteiger partial charge in [-0.25, -0.2) is 0 Å². The van der Waals surface area contributed by atoms with Crippen LogP contribution in [0.2, 0.25) is 0 Å². The molecule has 42 valence electrons. The van der Waals surface area contributed by atoms with Crippen LogP contribution in [-0.4, -0.2) is 24.2 Å². The molecule has 0 bridgehead atoms. The van der Waals surface area contributed by atoms with E-state index in [0.717, 1.165) is 0 Å². The van der Waals surface area contributed by atoms with Crippen LogP contribution in [0.4, 0.5) is 0 Å². The molecule has 1 aliphatic heterocycles. The first-order valence-electron chi connectivity index (χ1n) is 5.43. The van der Waals surface area contributed by atoms with Gasteiger partial charge >= 0.3 is 0 Å². The Balaban J connectivity index is 3.20. The van der Waals surface area contributed by atoms with Crippen molar-refractivity contribution in [2.24, 2.45) is 0 Å². The van der Waals surface area contributed by atoms with Gasteiger partial charge in [-0.3, -0.25) is 0 Å². The highest BCUT2D eigenvalue weighted by Crippen LogP contribution is 1.98. The summed E-state index contributed by atoms with van der Waals surface area (Å²) in [5, 5.41) is 11.4. The molecule has 7 heavy (non-hydrogen) atoms. The van der Waals surface area contributed by atoms with E-state index in [1.54, 1.807) is 0 Å². The van der Waals surface area contributed by atoms with Crippen molar-refractivity contribution in [3.8, 4) is 0 Å². The van der Waals surface area contributed by atoms with Crippen LogP contribution in [0.1, 0.15) is 22.3 Å². The number of rotatable bonds is 0. The van der Waals surface area contributed by atoms with E-state index >= 15 is 0 Å². The zero-order chi connectivity index (χ0) is 11.4. The fourth-order valence-corrected chi connectivity index (χ4v) is 0.331. The lowest BCUT2D eigenvalue weighted by atomic mass is 10.1. The zero-order valence-corrected chi connectivity index (χ0v) is 3.65. The molecule has 0 saturated carbocycles. The van der Waals surface area contributed by atoms with Gasteiger partial charge in [0.25, 0.3) is 0 Å². The van der Waals surface area contributed by atoms with Gasteiger partial charge in [-0.05, 0) is 19.3 Å². The van der Waals surface area contributed by atoms with Crippen molar-refractivity contribution in [3.63, 3.8) is 0 Å². The number of hydrogen-bond donors (Lipinski definition) is 2. The van der Waals surface area contributed by atoms with Gasteiger partial charge in [0.05, 0.1) is 7.45 Å². The van der Waals surface area contributed by atoms with Crippen LogP contribution in [0.25, 0.3) is 0 Å². The van der Waals surface area contributed by atoms with E-state index in [0.29, 0.717) is 0 Å². The van der Waals surface area contributed by atoms with Crippen molar-refractivity contribution < 1.29 is 14.7 Å². The Labute approximate surface area is 53.4 Å². The smallest absolute Gasteiger partial charge is 0.0665 e. The molecule has 2 nitrogen and oxygen atoms in total. The van der Waals surface area contributed by atoms with Gasteiger partial charge in [0.2, 0.25) is 0 Å². The topological polar surface area (TPSA) is 32.3 Å². The maximum atomic E-state index is 9.38. The number of nitrogens with one attached hydrogen (secondary N) is 1. The number of β-amino-alcohol motifs (C(OH)–C–C–N with tert-alkyl or cyclic N) is 1. The Hall–Kier alpha value is -0.0800. The minimum Gasteiger partial charge on any atom is -0.392 e. The van der Waals surface area contributed by atoms with E-state index in [1.165, 1.54) is 0 Å². The third kappa shape index (κ3) is 1.45. The van der Waals surface area contributed by atoms with Crippen molar-refractivity contribution in [2.75, 3.05) is 13.0 Å². The molecule has 2 heteroatoms. The Morgan fingerprint density at radius 3 is 3.57 bits per heavy atom. The molecular formula is C5H11NO. The minimum atomic E-state index is -3.16. The maximum Gasteiger partial charge on any atom is 0.0665 e. The first kappa shape index (κ1) is 1.25. The second kappa shape index (κ2) is 2.28. The van der Waals surface area contributed by atoms with Gasteiger partial charge < -0.3 is 10.4 Å². The molecule has 0 radical (unpaired) electrons. The zero-order valence-electron chi connectivity index (χ0n) is 10.7. The van der Waals surface area contributed by atoms with Gasteiger partial charge in [0.1, 0.15) is 0 Å². The first-order valence-corrected chi connectivity index (χ1v) is 1.93. The Kier molecular flexibility index (Phi) is 0.408. The van der Waals surface area contributed by atoms with Gasteiger partial charge in [-0.2, -0.15) is 0 Å². The fourth-order valence-electron chi connectivity index (χ4n) is 0.331. The van der Waals surface area contributed by atoms with Crippen LogP contribution in [-0.2, 0) is 0 Å². The largest absolute Gasteiger partial charge is 0.392 e. The molecule has 1 unspecified atom stereocenters. The average Bonchev–Trinajstić information content (AvgIpc) is 1.98. The summed E-state index contributed by atoms with van der Waals surface area (Å²) in [6.07, 6.45) is -8.63. The highest BCUT2D eigenvalue weighted by atomic mass is 16.3. The van der Waals surface area contributed by atoms with Crippen LogP contribution < -0.4 is 5.32 Å².